The highest BCUT2D eigenvalue weighted by Crippen LogP contribution is 2.53. The van der Waals surface area contributed by atoms with Gasteiger partial charge in [-0.05, 0) is 97.1 Å². The molecule has 318 valence electrons. The first-order chi connectivity index (χ1) is 29.0. The molecule has 2 saturated heterocycles. The summed E-state index contributed by atoms with van der Waals surface area (Å²) in [5.74, 6) is 1.62. The van der Waals surface area contributed by atoms with Gasteiger partial charge in [0.05, 0.1) is 38.2 Å². The Morgan fingerprint density at radius 2 is 1.33 bits per heavy atom. The van der Waals surface area contributed by atoms with Gasteiger partial charge in [0.2, 0.25) is 11.8 Å². The molecule has 4 amide bonds. The molecule has 3 aromatic rings. The predicted octanol–water partition coefficient (Wildman–Crippen LogP) is 7.44. The molecule has 2 unspecified atom stereocenters. The van der Waals surface area contributed by atoms with E-state index >= 15 is 0 Å². The van der Waals surface area contributed by atoms with Gasteiger partial charge in [-0.25, -0.2) is 19.6 Å². The Hall–Kier alpha value is -5.66. The van der Waals surface area contributed by atoms with Crippen molar-refractivity contribution < 1.29 is 28.7 Å². The van der Waals surface area contributed by atoms with E-state index in [0.717, 1.165) is 74.4 Å². The summed E-state index contributed by atoms with van der Waals surface area (Å²) in [6, 6.07) is 6.99. The third-order valence-electron chi connectivity index (χ3n) is 13.2. The van der Waals surface area contributed by atoms with Gasteiger partial charge in [-0.15, -0.1) is 0 Å². The Morgan fingerprint density at radius 1 is 0.750 bits per heavy atom. The van der Waals surface area contributed by atoms with Gasteiger partial charge < -0.3 is 39.9 Å². The summed E-state index contributed by atoms with van der Waals surface area (Å²) < 4.78 is 9.62. The van der Waals surface area contributed by atoms with E-state index in [2.05, 4.69) is 57.0 Å². The summed E-state index contributed by atoms with van der Waals surface area (Å²) in [6.07, 6.45) is 14.6. The Morgan fingerprint density at radius 3 is 1.93 bits per heavy atom. The van der Waals surface area contributed by atoms with Crippen LogP contribution in [0.5, 0.6) is 0 Å². The largest absolute Gasteiger partial charge is 0.453 e. The quantitative estimate of drug-likeness (QED) is 0.163. The van der Waals surface area contributed by atoms with E-state index in [1.165, 1.54) is 47.6 Å². The van der Waals surface area contributed by atoms with Crippen LogP contribution in [0.4, 0.5) is 9.59 Å². The van der Waals surface area contributed by atoms with E-state index < -0.39 is 24.3 Å². The standard InChI is InChI=1S/C46H58N8O6/c1-25(2)39(51-45(57)59-5)43(55)53-19-9-13-37(53)41-47-23-35(49-41)27-15-17-31-32-18-16-28(22-34(32)30-12-8-7-11-29(30)33(31)21-27)36-24-48-42(50-36)38-14-10-20-54(38)44(56)40(26(3)4)52-46(58)60-6/h7-8,11-12,21-27,31,37-40H,9-10,13-20H2,1-6H3,(H,47,49)(H,48,50)(H,51,57)(H,52,58)/t27?,31?,37-,38-,39-,40-/m0/s1. The summed E-state index contributed by atoms with van der Waals surface area (Å²) in [5.41, 5.74) is 9.90. The molecule has 3 aliphatic carbocycles. The number of carbonyl (C=O) groups excluding carboxylic acids is 4. The van der Waals surface area contributed by atoms with Crippen molar-refractivity contribution in [2.75, 3.05) is 27.3 Å². The predicted molar refractivity (Wildman–Crippen MR) is 227 cm³/mol. The second kappa shape index (κ2) is 17.1. The van der Waals surface area contributed by atoms with Crippen LogP contribution in [0.3, 0.4) is 0 Å². The molecule has 14 nitrogen and oxygen atoms in total. The molecule has 0 radical (unpaired) electrons. The highest BCUT2D eigenvalue weighted by atomic mass is 16.5. The molecular formula is C46H58N8O6. The minimum absolute atomic E-state index is 0.0973. The number of nitrogens with one attached hydrogen (secondary N) is 4. The zero-order chi connectivity index (χ0) is 42.2. The van der Waals surface area contributed by atoms with Gasteiger partial charge >= 0.3 is 12.2 Å². The van der Waals surface area contributed by atoms with E-state index in [9.17, 15) is 19.2 Å². The van der Waals surface area contributed by atoms with Gasteiger partial charge in [0.15, 0.2) is 0 Å². The number of alkyl carbamates (subject to hydrolysis) is 2. The lowest BCUT2D eigenvalue weighted by molar-refractivity contribution is -0.136. The minimum atomic E-state index is -0.682. The first-order valence-corrected chi connectivity index (χ1v) is 21.6. The maximum Gasteiger partial charge on any atom is 0.407 e. The molecule has 4 N–H and O–H groups in total. The molecular weight excluding hydrogens is 761 g/mol. The summed E-state index contributed by atoms with van der Waals surface area (Å²) in [7, 11) is 2.61. The van der Waals surface area contributed by atoms with E-state index in [-0.39, 0.29) is 41.7 Å². The molecule has 2 aliphatic heterocycles. The lowest BCUT2D eigenvalue weighted by Crippen LogP contribution is -2.51. The molecule has 0 spiro atoms. The number of nitrogens with zero attached hydrogens (tertiary/aromatic N) is 4. The maximum absolute atomic E-state index is 13.7. The number of ether oxygens (including phenoxy) is 2. The van der Waals surface area contributed by atoms with Gasteiger partial charge in [0.25, 0.3) is 0 Å². The number of hydrogen-bond donors (Lipinski definition) is 4. The smallest absolute Gasteiger partial charge is 0.407 e. The normalized spacial score (nSPS) is 23.3. The number of methoxy groups -OCH3 is 2. The van der Waals surface area contributed by atoms with Crippen molar-refractivity contribution >= 4 is 40.7 Å². The Labute approximate surface area is 351 Å². The van der Waals surface area contributed by atoms with Crippen molar-refractivity contribution in [2.45, 2.75) is 109 Å². The summed E-state index contributed by atoms with van der Waals surface area (Å²) >= 11 is 0. The number of allylic oxidation sites excluding steroid dienone is 6. The fourth-order valence-electron chi connectivity index (χ4n) is 10.1. The summed E-state index contributed by atoms with van der Waals surface area (Å²) in [6.45, 7) is 8.91. The van der Waals surface area contributed by atoms with E-state index in [0.29, 0.717) is 19.0 Å². The Kier molecular flexibility index (Phi) is 11.7. The maximum atomic E-state index is 13.7. The number of hydrogen-bond acceptors (Lipinski definition) is 8. The van der Waals surface area contributed by atoms with Crippen LogP contribution in [0.1, 0.15) is 131 Å². The fourth-order valence-corrected chi connectivity index (χ4v) is 10.1. The van der Waals surface area contributed by atoms with Gasteiger partial charge in [-0.1, -0.05) is 63.6 Å². The van der Waals surface area contributed by atoms with Crippen LogP contribution in [0.15, 0.2) is 54.4 Å². The molecule has 14 heteroatoms. The molecule has 0 bridgehead atoms. The lowest BCUT2D eigenvalue weighted by atomic mass is 9.66. The molecule has 5 aliphatic rings. The first-order valence-electron chi connectivity index (χ1n) is 21.6. The number of aromatic nitrogens is 4. The molecule has 2 aromatic heterocycles. The minimum Gasteiger partial charge on any atom is -0.453 e. The van der Waals surface area contributed by atoms with Crippen molar-refractivity contribution in [1.29, 1.82) is 0 Å². The average Bonchev–Trinajstić information content (AvgIpc) is 4.10. The first kappa shape index (κ1) is 41.1. The number of amides is 4. The number of aromatic amines is 2. The van der Waals surface area contributed by atoms with Crippen LogP contribution in [-0.4, -0.2) is 93.1 Å². The number of rotatable bonds is 10. The van der Waals surface area contributed by atoms with Crippen LogP contribution in [0.25, 0.3) is 16.7 Å². The summed E-state index contributed by atoms with van der Waals surface area (Å²) in [5, 5.41) is 5.47. The third-order valence-corrected chi connectivity index (χ3v) is 13.2. The van der Waals surface area contributed by atoms with Crippen molar-refractivity contribution in [3.8, 4) is 0 Å². The lowest BCUT2D eigenvalue weighted by Gasteiger charge is -2.38. The van der Waals surface area contributed by atoms with Crippen molar-refractivity contribution in [1.82, 2.24) is 40.4 Å². The van der Waals surface area contributed by atoms with Crippen LogP contribution in [0, 0.1) is 17.8 Å². The number of carbonyl (C=O) groups is 4. The van der Waals surface area contributed by atoms with Crippen LogP contribution in [-0.2, 0) is 19.1 Å². The van der Waals surface area contributed by atoms with Gasteiger partial charge in [-0.3, -0.25) is 9.59 Å². The third kappa shape index (κ3) is 7.76. The SMILES string of the molecule is COC(=O)N[C@H](C(=O)N1CCC[C@H]1c1ncc(C2=CC3=C(CC2)C2CCC(c4cnc([C@@H]5CCCN5C(=O)[C@@H](NC(=O)OC)C(C)C)[nH]4)C=C2c2ccccc23)[nH]1)C(C)C. The number of imidazole rings is 2. The number of benzene rings is 1. The molecule has 2 fully saturated rings. The van der Waals surface area contributed by atoms with Gasteiger partial charge in [0.1, 0.15) is 23.7 Å². The fraction of sp³-hybridized carbons (Fsp3) is 0.522. The van der Waals surface area contributed by atoms with Crippen LogP contribution in [0.2, 0.25) is 0 Å². The highest BCUT2D eigenvalue weighted by molar-refractivity contribution is 5.97. The van der Waals surface area contributed by atoms with Crippen molar-refractivity contribution in [3.05, 3.63) is 88.5 Å². The average molecular weight is 819 g/mol. The second-order valence-electron chi connectivity index (χ2n) is 17.5. The second-order valence-corrected chi connectivity index (χ2v) is 17.5. The van der Waals surface area contributed by atoms with Crippen molar-refractivity contribution in [3.63, 3.8) is 0 Å². The molecule has 60 heavy (non-hydrogen) atoms. The zero-order valence-corrected chi connectivity index (χ0v) is 35.5. The monoisotopic (exact) mass is 818 g/mol. The van der Waals surface area contributed by atoms with E-state index in [1.54, 1.807) is 0 Å². The molecule has 6 atom stereocenters. The highest BCUT2D eigenvalue weighted by Gasteiger charge is 2.41. The Balaban J connectivity index is 1.01. The molecule has 0 saturated carbocycles. The molecule has 1 aromatic carbocycles. The topological polar surface area (TPSA) is 175 Å². The molecule has 8 rings (SSSR count). The van der Waals surface area contributed by atoms with Gasteiger partial charge in [-0.2, -0.15) is 0 Å². The number of likely N-dealkylation sites (tertiary alicyclic amines) is 2. The van der Waals surface area contributed by atoms with Gasteiger partial charge in [0, 0.05) is 36.8 Å². The van der Waals surface area contributed by atoms with Crippen molar-refractivity contribution in [2.24, 2.45) is 17.8 Å². The number of fused-ring (bicyclic) bond motifs is 5. The van der Waals surface area contributed by atoms with Crippen LogP contribution < -0.4 is 10.6 Å². The van der Waals surface area contributed by atoms with Crippen LogP contribution >= 0.6 is 0 Å². The zero-order valence-electron chi connectivity index (χ0n) is 35.5. The Bertz CT molecular complexity index is 2230. The van der Waals surface area contributed by atoms with E-state index in [1.807, 2.05) is 49.9 Å². The van der Waals surface area contributed by atoms with E-state index in [4.69, 9.17) is 19.4 Å². The number of H-pyrrole nitrogens is 2. The summed E-state index contributed by atoms with van der Waals surface area (Å²) in [4.78, 5) is 72.3. The molecule has 4 heterocycles.